The molecule has 3 atom stereocenters. The Hall–Kier alpha value is -3.60. The molecule has 2 aliphatic heterocycles. The average molecular weight is 566 g/mol. The second-order valence-electron chi connectivity index (χ2n) is 11.2. The molecule has 0 bridgehead atoms. The lowest BCUT2D eigenvalue weighted by Gasteiger charge is -2.48. The highest BCUT2D eigenvalue weighted by atomic mass is 32.2. The van der Waals surface area contributed by atoms with E-state index in [1.165, 1.54) is 18.0 Å². The summed E-state index contributed by atoms with van der Waals surface area (Å²) in [5.41, 5.74) is 3.58. The Kier molecular flexibility index (Phi) is 7.76. The van der Waals surface area contributed by atoms with Crippen LogP contribution in [0.15, 0.2) is 42.4 Å². The van der Waals surface area contributed by atoms with Gasteiger partial charge in [0, 0.05) is 60.1 Å². The topological polar surface area (TPSA) is 124 Å². The largest absolute Gasteiger partial charge is 0.382 e. The third kappa shape index (κ3) is 5.65. The minimum Gasteiger partial charge on any atom is -0.382 e. The molecule has 3 N–H and O–H groups in total. The van der Waals surface area contributed by atoms with Crippen molar-refractivity contribution >= 4 is 49.7 Å². The Bertz CT molecular complexity index is 1570. The van der Waals surface area contributed by atoms with Crippen LogP contribution in [0.25, 0.3) is 16.3 Å². The second kappa shape index (κ2) is 11.1. The minimum atomic E-state index is -3.03. The lowest BCUT2D eigenvalue weighted by molar-refractivity contribution is 0.342. The van der Waals surface area contributed by atoms with Crippen LogP contribution in [0.1, 0.15) is 50.9 Å². The number of aromatic nitrogens is 3. The summed E-state index contributed by atoms with van der Waals surface area (Å²) in [5, 5.41) is 16.4. The highest BCUT2D eigenvalue weighted by molar-refractivity contribution is 7.90. The Morgan fingerprint density at radius 2 is 2.05 bits per heavy atom. The van der Waals surface area contributed by atoms with Crippen LogP contribution in [-0.2, 0) is 9.84 Å². The highest BCUT2D eigenvalue weighted by Crippen LogP contribution is 2.39. The molecule has 0 unspecified atom stereocenters. The Balaban J connectivity index is 1.44. The zero-order chi connectivity index (χ0) is 28.6. The number of allylic oxidation sites excluding steroid dienone is 2. The summed E-state index contributed by atoms with van der Waals surface area (Å²) < 4.78 is 36.8. The van der Waals surface area contributed by atoms with E-state index < -0.39 is 16.5 Å². The fourth-order valence-corrected chi connectivity index (χ4v) is 6.83. The van der Waals surface area contributed by atoms with Crippen molar-refractivity contribution in [2.24, 2.45) is 5.92 Å². The van der Waals surface area contributed by atoms with Crippen LogP contribution >= 0.6 is 0 Å². The number of sulfone groups is 1. The molecule has 0 saturated carbocycles. The zero-order valence-electron chi connectivity index (χ0n) is 23.3. The molecule has 1 aromatic carbocycles. The number of rotatable bonds is 9. The highest BCUT2D eigenvalue weighted by Gasteiger charge is 2.38. The lowest BCUT2D eigenvalue weighted by Crippen LogP contribution is -2.57. The van der Waals surface area contributed by atoms with E-state index in [1.807, 2.05) is 12.3 Å². The van der Waals surface area contributed by atoms with E-state index in [-0.39, 0.29) is 29.7 Å². The summed E-state index contributed by atoms with van der Waals surface area (Å²) in [7, 11) is -3.03. The fraction of sp³-hybridized carbons (Fsp3) is 0.448. The third-order valence-electron chi connectivity index (χ3n) is 7.89. The van der Waals surface area contributed by atoms with Gasteiger partial charge in [-0.1, -0.05) is 19.9 Å². The van der Waals surface area contributed by atoms with Crippen molar-refractivity contribution in [2.75, 3.05) is 35.4 Å². The van der Waals surface area contributed by atoms with Crippen LogP contribution in [0.2, 0.25) is 0 Å². The quantitative estimate of drug-likeness (QED) is 0.315. The monoisotopic (exact) mass is 565 g/mol. The van der Waals surface area contributed by atoms with Crippen molar-refractivity contribution in [1.29, 1.82) is 5.41 Å². The Labute approximate surface area is 234 Å². The Morgan fingerprint density at radius 3 is 2.70 bits per heavy atom. The maximum Gasteiger partial charge on any atom is 0.164 e. The second-order valence-corrected chi connectivity index (χ2v) is 13.3. The van der Waals surface area contributed by atoms with E-state index >= 15 is 0 Å². The van der Waals surface area contributed by atoms with Crippen molar-refractivity contribution in [3.63, 3.8) is 0 Å². The number of hydrogen-bond donors (Lipinski definition) is 3. The van der Waals surface area contributed by atoms with Crippen molar-refractivity contribution in [3.05, 3.63) is 53.7 Å². The number of pyridine rings is 1. The molecule has 2 aliphatic rings. The number of anilines is 3. The molecule has 2 fully saturated rings. The van der Waals surface area contributed by atoms with Gasteiger partial charge >= 0.3 is 0 Å². The van der Waals surface area contributed by atoms with Crippen LogP contribution < -0.4 is 15.5 Å². The summed E-state index contributed by atoms with van der Waals surface area (Å²) in [6, 6.07) is 7.91. The molecule has 2 aromatic heterocycles. The molecular weight excluding hydrogens is 529 g/mol. The SMILES string of the molecule is CC(C)c1ccc(N2C[C@H](CS(C)(=O)=O)[C@H]2C)c2cnc(Nc3ccnc(/C(C=N)=C4\CC[C@H](CF)N4)n3)cc12. The van der Waals surface area contributed by atoms with Gasteiger partial charge in [0.25, 0.3) is 0 Å². The zero-order valence-corrected chi connectivity index (χ0v) is 24.1. The van der Waals surface area contributed by atoms with Crippen molar-refractivity contribution in [3.8, 4) is 0 Å². The number of nitrogens with zero attached hydrogens (tertiary/aromatic N) is 4. The molecule has 0 spiro atoms. The molecule has 2 saturated heterocycles. The standard InChI is InChI=1S/C29H36FN7O2S/c1-17(2)21-6-8-26(37-15-19(18(37)3)16-40(4,38)39)24-14-33-28(11-22(21)24)35-27-9-10-32-29(36-27)23(13-31)25-7-5-20(12-30)34-25/h6,8-11,13-14,17-20,31,34H,5,7,12,15-16H2,1-4H3,(H,32,33,35,36)/b25-23+,31-13?/t18-,19-,20-/m1/s1. The predicted molar refractivity (Wildman–Crippen MR) is 159 cm³/mol. The van der Waals surface area contributed by atoms with E-state index in [0.29, 0.717) is 42.4 Å². The molecule has 4 heterocycles. The summed E-state index contributed by atoms with van der Waals surface area (Å²) in [6.07, 6.45) is 7.33. The minimum absolute atomic E-state index is 0.110. The van der Waals surface area contributed by atoms with E-state index in [1.54, 1.807) is 12.3 Å². The van der Waals surface area contributed by atoms with E-state index in [9.17, 15) is 12.8 Å². The van der Waals surface area contributed by atoms with Gasteiger partial charge in [-0.3, -0.25) is 0 Å². The summed E-state index contributed by atoms with van der Waals surface area (Å²) >= 11 is 0. The first-order valence-corrected chi connectivity index (χ1v) is 15.7. The molecule has 212 valence electrons. The van der Waals surface area contributed by atoms with Crippen LogP contribution in [-0.4, -0.2) is 66.9 Å². The van der Waals surface area contributed by atoms with Crippen LogP contribution in [0.5, 0.6) is 0 Å². The van der Waals surface area contributed by atoms with Gasteiger partial charge in [-0.25, -0.2) is 27.8 Å². The molecular formula is C29H36FN7O2S. The Morgan fingerprint density at radius 1 is 1.25 bits per heavy atom. The summed E-state index contributed by atoms with van der Waals surface area (Å²) in [5.74, 6) is 2.16. The number of halogens is 1. The third-order valence-corrected chi connectivity index (χ3v) is 8.93. The van der Waals surface area contributed by atoms with Crippen LogP contribution in [0.4, 0.5) is 21.7 Å². The molecule has 0 amide bonds. The number of fused-ring (bicyclic) bond motifs is 1. The van der Waals surface area contributed by atoms with Gasteiger partial charge in [0.15, 0.2) is 5.82 Å². The van der Waals surface area contributed by atoms with Gasteiger partial charge in [-0.15, -0.1) is 0 Å². The van der Waals surface area contributed by atoms with Crippen LogP contribution in [0, 0.1) is 11.3 Å². The van der Waals surface area contributed by atoms with Gasteiger partial charge in [-0.05, 0) is 54.8 Å². The van der Waals surface area contributed by atoms with Crippen molar-refractivity contribution in [2.45, 2.75) is 51.6 Å². The number of nitrogens with one attached hydrogen (secondary N) is 3. The first-order valence-electron chi connectivity index (χ1n) is 13.6. The van der Waals surface area contributed by atoms with Gasteiger partial charge in [0.05, 0.1) is 17.4 Å². The summed E-state index contributed by atoms with van der Waals surface area (Å²) in [6.45, 7) is 6.63. The molecule has 40 heavy (non-hydrogen) atoms. The fourth-order valence-electron chi connectivity index (χ4n) is 5.67. The maximum atomic E-state index is 13.1. The van der Waals surface area contributed by atoms with Gasteiger partial charge in [0.1, 0.15) is 28.1 Å². The number of hydrogen-bond acceptors (Lipinski definition) is 9. The average Bonchev–Trinajstić information content (AvgIpc) is 3.39. The first kappa shape index (κ1) is 27.9. The molecule has 0 radical (unpaired) electrons. The molecule has 3 aromatic rings. The molecule has 5 rings (SSSR count). The molecule has 0 aliphatic carbocycles. The number of alkyl halides is 1. The summed E-state index contributed by atoms with van der Waals surface area (Å²) in [4.78, 5) is 15.9. The lowest BCUT2D eigenvalue weighted by atomic mass is 9.88. The predicted octanol–water partition coefficient (Wildman–Crippen LogP) is 4.84. The molecule has 9 nitrogen and oxygen atoms in total. The van der Waals surface area contributed by atoms with E-state index in [4.69, 9.17) is 10.4 Å². The smallest absolute Gasteiger partial charge is 0.164 e. The van der Waals surface area contributed by atoms with Crippen molar-refractivity contribution in [1.82, 2.24) is 20.3 Å². The molecule has 11 heteroatoms. The van der Waals surface area contributed by atoms with Crippen molar-refractivity contribution < 1.29 is 12.8 Å². The maximum absolute atomic E-state index is 13.1. The normalized spacial score (nSPS) is 22.2. The van der Waals surface area contributed by atoms with E-state index in [0.717, 1.165) is 22.2 Å². The van der Waals surface area contributed by atoms with Crippen LogP contribution in [0.3, 0.4) is 0 Å². The van der Waals surface area contributed by atoms with E-state index in [2.05, 4.69) is 58.4 Å². The van der Waals surface area contributed by atoms with Gasteiger partial charge in [-0.2, -0.15) is 0 Å². The number of benzene rings is 1. The van der Waals surface area contributed by atoms with Gasteiger partial charge < -0.3 is 20.9 Å². The van der Waals surface area contributed by atoms with Gasteiger partial charge in [0.2, 0.25) is 0 Å². The first-order chi connectivity index (χ1) is 19.1.